The number of hydrogen-bond acceptors (Lipinski definition) is 7. The van der Waals surface area contributed by atoms with E-state index in [0.717, 1.165) is 4.79 Å². The first-order valence-electron chi connectivity index (χ1n) is 4.49. The molecule has 9 heteroatoms. The van der Waals surface area contributed by atoms with Gasteiger partial charge in [0.2, 0.25) is 0 Å². The summed E-state index contributed by atoms with van der Waals surface area (Å²) in [5, 5.41) is 24.5. The highest BCUT2D eigenvalue weighted by Gasteiger charge is 2.02. The van der Waals surface area contributed by atoms with Crippen molar-refractivity contribution in [1.82, 2.24) is 20.3 Å². The maximum atomic E-state index is 10.4. The van der Waals surface area contributed by atoms with Gasteiger partial charge in [0, 0.05) is 12.1 Å². The van der Waals surface area contributed by atoms with Crippen molar-refractivity contribution < 1.29 is 4.92 Å². The van der Waals surface area contributed by atoms with Crippen molar-refractivity contribution in [3.05, 3.63) is 39.9 Å². The Hall–Kier alpha value is -2.84. The minimum atomic E-state index is -0.472. The van der Waals surface area contributed by atoms with E-state index in [0.29, 0.717) is 5.56 Å². The van der Waals surface area contributed by atoms with Gasteiger partial charge in [0.25, 0.3) is 11.6 Å². The van der Waals surface area contributed by atoms with Crippen molar-refractivity contribution in [3.8, 4) is 0 Å². The predicted molar refractivity (Wildman–Crippen MR) is 58.3 cm³/mol. The van der Waals surface area contributed by atoms with Gasteiger partial charge in [-0.3, -0.25) is 10.1 Å². The third-order valence-corrected chi connectivity index (χ3v) is 1.90. The zero-order valence-corrected chi connectivity index (χ0v) is 8.46. The van der Waals surface area contributed by atoms with E-state index in [-0.39, 0.29) is 11.6 Å². The Bertz CT molecular complexity index is 560. The third-order valence-electron chi connectivity index (χ3n) is 1.90. The van der Waals surface area contributed by atoms with E-state index in [1.165, 1.54) is 18.3 Å². The summed E-state index contributed by atoms with van der Waals surface area (Å²) < 4.78 is 0. The van der Waals surface area contributed by atoms with Crippen LogP contribution < -0.4 is 5.73 Å². The second-order valence-electron chi connectivity index (χ2n) is 3.02. The first kappa shape index (κ1) is 10.7. The van der Waals surface area contributed by atoms with Crippen LogP contribution in [0, 0.1) is 10.1 Å². The molecule has 9 nitrogen and oxygen atoms in total. The topological polar surface area (TPSA) is 125 Å². The first-order valence-corrected chi connectivity index (χ1v) is 4.49. The summed E-state index contributed by atoms with van der Waals surface area (Å²) in [6, 6.07) is 5.87. The van der Waals surface area contributed by atoms with Crippen molar-refractivity contribution in [1.29, 1.82) is 0 Å². The van der Waals surface area contributed by atoms with Gasteiger partial charge in [-0.1, -0.05) is 9.89 Å². The van der Waals surface area contributed by atoms with Crippen molar-refractivity contribution >= 4 is 17.9 Å². The molecule has 0 bridgehead atoms. The fraction of sp³-hybridized carbons (Fsp3) is 0. The number of nitrogens with two attached hydrogens (primary N) is 1. The van der Waals surface area contributed by atoms with Crippen LogP contribution >= 0.6 is 0 Å². The van der Waals surface area contributed by atoms with Gasteiger partial charge in [0.15, 0.2) is 0 Å². The van der Waals surface area contributed by atoms with Gasteiger partial charge < -0.3 is 5.73 Å². The van der Waals surface area contributed by atoms with Gasteiger partial charge >= 0.3 is 0 Å². The summed E-state index contributed by atoms with van der Waals surface area (Å²) in [7, 11) is 0. The molecular weight excluding hydrogens is 226 g/mol. The Balaban J connectivity index is 2.17. The van der Waals surface area contributed by atoms with Gasteiger partial charge in [0.1, 0.15) is 0 Å². The van der Waals surface area contributed by atoms with Crippen LogP contribution in [0.4, 0.5) is 11.6 Å². The van der Waals surface area contributed by atoms with E-state index < -0.39 is 4.92 Å². The molecule has 0 spiro atoms. The fourth-order valence-corrected chi connectivity index (χ4v) is 1.08. The summed E-state index contributed by atoms with van der Waals surface area (Å²) in [5.74, 6) is 0.0585. The molecule has 0 saturated heterocycles. The van der Waals surface area contributed by atoms with Crippen molar-refractivity contribution in [2.24, 2.45) is 5.10 Å². The summed E-state index contributed by atoms with van der Waals surface area (Å²) in [6.07, 6.45) is 1.44. The van der Waals surface area contributed by atoms with Gasteiger partial charge in [-0.25, -0.2) is 0 Å². The number of aromatic nitrogens is 4. The summed E-state index contributed by atoms with van der Waals surface area (Å²) in [4.78, 5) is 11.0. The normalized spacial score (nSPS) is 10.8. The Morgan fingerprint density at radius 1 is 1.41 bits per heavy atom. The number of nitro groups is 1. The van der Waals surface area contributed by atoms with Crippen LogP contribution in [-0.4, -0.2) is 31.5 Å². The number of rotatable bonds is 3. The average molecular weight is 233 g/mol. The summed E-state index contributed by atoms with van der Waals surface area (Å²) in [6.45, 7) is 0. The molecule has 1 aromatic carbocycles. The molecule has 0 radical (unpaired) electrons. The smallest absolute Gasteiger partial charge is 0.269 e. The molecule has 0 aliphatic carbocycles. The molecule has 0 fully saturated rings. The molecule has 2 rings (SSSR count). The van der Waals surface area contributed by atoms with Crippen molar-refractivity contribution in [2.75, 3.05) is 5.73 Å². The maximum Gasteiger partial charge on any atom is 0.269 e. The van der Waals surface area contributed by atoms with E-state index in [9.17, 15) is 10.1 Å². The molecule has 0 amide bonds. The molecule has 0 saturated carbocycles. The largest absolute Gasteiger partial charge is 0.365 e. The van der Waals surface area contributed by atoms with E-state index in [1.807, 2.05) is 0 Å². The quantitative estimate of drug-likeness (QED) is 0.453. The van der Waals surface area contributed by atoms with Gasteiger partial charge in [-0.2, -0.15) is 5.10 Å². The fourth-order valence-electron chi connectivity index (χ4n) is 1.08. The molecule has 1 heterocycles. The van der Waals surface area contributed by atoms with Crippen LogP contribution in [0.3, 0.4) is 0 Å². The number of benzene rings is 1. The molecular formula is C8H7N7O2. The number of nitro benzene ring substituents is 1. The molecule has 1 aromatic heterocycles. The molecule has 2 aromatic rings. The van der Waals surface area contributed by atoms with Crippen LogP contribution in [0.5, 0.6) is 0 Å². The number of tetrazole rings is 1. The van der Waals surface area contributed by atoms with Crippen LogP contribution in [0.25, 0.3) is 0 Å². The second-order valence-corrected chi connectivity index (χ2v) is 3.02. The Labute approximate surface area is 94.7 Å². The predicted octanol–water partition coefficient (Wildman–Crippen LogP) is 0.0457. The second kappa shape index (κ2) is 4.35. The zero-order chi connectivity index (χ0) is 12.3. The number of non-ortho nitro benzene ring substituents is 1. The van der Waals surface area contributed by atoms with Gasteiger partial charge in [-0.15, -0.1) is 0 Å². The molecule has 86 valence electrons. The molecule has 0 atom stereocenters. The van der Waals surface area contributed by atoms with Crippen LogP contribution in [0.15, 0.2) is 29.4 Å². The monoisotopic (exact) mass is 233 g/mol. The standard InChI is InChI=1S/C8H7N7O2/c9-8-11-12-13-14(8)10-5-6-1-3-7(4-2-6)15(16)17/h1-5H,(H2,9,11,13). The lowest BCUT2D eigenvalue weighted by Crippen LogP contribution is -1.99. The SMILES string of the molecule is Nc1nnnn1N=Cc1ccc([N+](=O)[O-])cc1. The van der Waals surface area contributed by atoms with E-state index >= 15 is 0 Å². The Morgan fingerprint density at radius 3 is 2.65 bits per heavy atom. The minimum Gasteiger partial charge on any atom is -0.365 e. The number of nitrogens with zero attached hydrogens (tertiary/aromatic N) is 6. The summed E-state index contributed by atoms with van der Waals surface area (Å²) >= 11 is 0. The van der Waals surface area contributed by atoms with Crippen molar-refractivity contribution in [3.63, 3.8) is 0 Å². The minimum absolute atomic E-state index is 0.0177. The third kappa shape index (κ3) is 2.40. The number of hydrogen-bond donors (Lipinski definition) is 1. The lowest BCUT2D eigenvalue weighted by Gasteiger charge is -1.93. The average Bonchev–Trinajstić information content (AvgIpc) is 2.73. The summed E-state index contributed by atoms with van der Waals surface area (Å²) in [5.41, 5.74) is 6.08. The highest BCUT2D eigenvalue weighted by Crippen LogP contribution is 2.10. The van der Waals surface area contributed by atoms with Crippen LogP contribution in [-0.2, 0) is 0 Å². The Kier molecular flexibility index (Phi) is 2.73. The van der Waals surface area contributed by atoms with E-state index in [2.05, 4.69) is 20.6 Å². The lowest BCUT2D eigenvalue weighted by atomic mass is 10.2. The molecule has 0 unspecified atom stereocenters. The first-order chi connectivity index (χ1) is 8.16. The van der Waals surface area contributed by atoms with E-state index in [1.54, 1.807) is 12.1 Å². The number of anilines is 1. The van der Waals surface area contributed by atoms with Gasteiger partial charge in [-0.05, 0) is 28.1 Å². The van der Waals surface area contributed by atoms with E-state index in [4.69, 9.17) is 5.73 Å². The zero-order valence-electron chi connectivity index (χ0n) is 8.46. The van der Waals surface area contributed by atoms with Gasteiger partial charge in [0.05, 0.1) is 11.1 Å². The maximum absolute atomic E-state index is 10.4. The van der Waals surface area contributed by atoms with Crippen LogP contribution in [0.1, 0.15) is 5.56 Å². The molecule has 2 N–H and O–H groups in total. The van der Waals surface area contributed by atoms with Crippen molar-refractivity contribution in [2.45, 2.75) is 0 Å². The number of nitrogen functional groups attached to an aromatic ring is 1. The lowest BCUT2D eigenvalue weighted by molar-refractivity contribution is -0.384. The molecule has 17 heavy (non-hydrogen) atoms. The highest BCUT2D eigenvalue weighted by atomic mass is 16.6. The van der Waals surface area contributed by atoms with Crippen LogP contribution in [0.2, 0.25) is 0 Å². The molecule has 0 aliphatic rings. The Morgan fingerprint density at radius 2 is 2.12 bits per heavy atom. The molecule has 0 aliphatic heterocycles. The highest BCUT2D eigenvalue weighted by molar-refractivity contribution is 5.79.